The lowest BCUT2D eigenvalue weighted by molar-refractivity contribution is -0.137. The van der Waals surface area contributed by atoms with Crippen LogP contribution in [0, 0.1) is 0 Å². The summed E-state index contributed by atoms with van der Waals surface area (Å²) >= 11 is 5.53. The van der Waals surface area contributed by atoms with Crippen LogP contribution in [-0.4, -0.2) is 11.4 Å². The first-order chi connectivity index (χ1) is 9.55. The molecule has 0 unspecified atom stereocenters. The van der Waals surface area contributed by atoms with Gasteiger partial charge in [-0.15, -0.1) is 0 Å². The number of nitrogens with one attached hydrogen (secondary N) is 1. The molecular formula is C15H17ClF3NO. The van der Waals surface area contributed by atoms with E-state index in [4.69, 9.17) is 11.6 Å². The van der Waals surface area contributed by atoms with Gasteiger partial charge in [-0.2, -0.15) is 13.2 Å². The molecule has 0 saturated heterocycles. The highest BCUT2D eigenvalue weighted by Gasteiger charge is 2.33. The maximum Gasteiger partial charge on any atom is 0.417 e. The zero-order valence-corrected chi connectivity index (χ0v) is 12.8. The molecule has 0 saturated carbocycles. The molecule has 0 bridgehead atoms. The minimum absolute atomic E-state index is 0.260. The number of benzene rings is 1. The van der Waals surface area contributed by atoms with Crippen LogP contribution < -0.4 is 5.32 Å². The zero-order valence-electron chi connectivity index (χ0n) is 12.0. The summed E-state index contributed by atoms with van der Waals surface area (Å²) in [7, 11) is 0. The van der Waals surface area contributed by atoms with Gasteiger partial charge in [-0.3, -0.25) is 4.79 Å². The molecule has 0 aliphatic carbocycles. The molecule has 0 aliphatic rings. The molecule has 0 atom stereocenters. The van der Waals surface area contributed by atoms with Crippen molar-refractivity contribution in [2.45, 2.75) is 38.9 Å². The van der Waals surface area contributed by atoms with E-state index in [-0.39, 0.29) is 22.0 Å². The van der Waals surface area contributed by atoms with Gasteiger partial charge in [-0.1, -0.05) is 24.6 Å². The summed E-state index contributed by atoms with van der Waals surface area (Å²) < 4.78 is 38.1. The van der Waals surface area contributed by atoms with Crippen molar-refractivity contribution >= 4 is 23.6 Å². The van der Waals surface area contributed by atoms with E-state index in [1.165, 1.54) is 18.2 Å². The fourth-order valence-electron chi connectivity index (χ4n) is 1.50. The molecule has 1 amide bonds. The van der Waals surface area contributed by atoms with Crippen LogP contribution in [0.3, 0.4) is 0 Å². The maximum absolute atomic E-state index is 12.7. The predicted octanol–water partition coefficient (Wildman–Crippen LogP) is 4.68. The topological polar surface area (TPSA) is 29.1 Å². The van der Waals surface area contributed by atoms with Crippen molar-refractivity contribution in [3.63, 3.8) is 0 Å². The molecule has 1 aromatic rings. The molecule has 0 aliphatic heterocycles. The Morgan fingerprint density at radius 3 is 2.48 bits per heavy atom. The Hall–Kier alpha value is -1.49. The van der Waals surface area contributed by atoms with Crippen molar-refractivity contribution in [3.8, 4) is 0 Å². The van der Waals surface area contributed by atoms with Gasteiger partial charge in [0.2, 0.25) is 5.91 Å². The zero-order chi connectivity index (χ0) is 16.3. The van der Waals surface area contributed by atoms with Gasteiger partial charge in [-0.05, 0) is 44.0 Å². The second-order valence-corrected chi connectivity index (χ2v) is 5.70. The van der Waals surface area contributed by atoms with Crippen LogP contribution in [0.25, 0.3) is 6.08 Å². The van der Waals surface area contributed by atoms with E-state index < -0.39 is 11.7 Å². The molecule has 2 nitrogen and oxygen atoms in total. The standard InChI is InChI=1S/C15H17ClF3NO/c1-4-14(2,3)20-13(21)8-6-10-5-7-12(16)11(9-10)15(17,18)19/h5-9H,4H2,1-3H3,(H,20,21)/b8-6+. The van der Waals surface area contributed by atoms with Gasteiger partial charge in [0.05, 0.1) is 10.6 Å². The lowest BCUT2D eigenvalue weighted by Gasteiger charge is -2.23. The smallest absolute Gasteiger partial charge is 0.348 e. The molecule has 116 valence electrons. The molecule has 0 fully saturated rings. The van der Waals surface area contributed by atoms with E-state index >= 15 is 0 Å². The van der Waals surface area contributed by atoms with E-state index in [1.807, 2.05) is 20.8 Å². The predicted molar refractivity (Wildman–Crippen MR) is 78.0 cm³/mol. The Morgan fingerprint density at radius 2 is 1.95 bits per heavy atom. The number of carbonyl (C=O) groups excluding carboxylic acids is 1. The molecular weight excluding hydrogens is 303 g/mol. The minimum Gasteiger partial charge on any atom is -0.348 e. The lowest BCUT2D eigenvalue weighted by atomic mass is 10.0. The third-order valence-electron chi connectivity index (χ3n) is 3.07. The monoisotopic (exact) mass is 319 g/mol. The average Bonchev–Trinajstić information content (AvgIpc) is 2.36. The number of amides is 1. The van der Waals surface area contributed by atoms with Crippen LogP contribution in [0.2, 0.25) is 5.02 Å². The normalized spacial score (nSPS) is 12.7. The third-order valence-corrected chi connectivity index (χ3v) is 3.40. The van der Waals surface area contributed by atoms with Gasteiger partial charge in [0.1, 0.15) is 0 Å². The highest BCUT2D eigenvalue weighted by Crippen LogP contribution is 2.35. The first kappa shape index (κ1) is 17.6. The molecule has 0 heterocycles. The summed E-state index contributed by atoms with van der Waals surface area (Å²) in [5.41, 5.74) is -1.02. The third kappa shape index (κ3) is 5.42. The SMILES string of the molecule is CCC(C)(C)NC(=O)/C=C/c1ccc(Cl)c(C(F)(F)F)c1. The van der Waals surface area contributed by atoms with Crippen LogP contribution in [-0.2, 0) is 11.0 Å². The van der Waals surface area contributed by atoms with E-state index in [0.717, 1.165) is 18.6 Å². The quantitative estimate of drug-likeness (QED) is 0.802. The maximum atomic E-state index is 12.7. The summed E-state index contributed by atoms with van der Waals surface area (Å²) in [6.07, 6.45) is -1.24. The fraction of sp³-hybridized carbons (Fsp3) is 0.400. The first-order valence-corrected chi connectivity index (χ1v) is 6.80. The van der Waals surface area contributed by atoms with Crippen LogP contribution in [0.1, 0.15) is 38.3 Å². The van der Waals surface area contributed by atoms with Crippen molar-refractivity contribution in [1.29, 1.82) is 0 Å². The number of halogens is 4. The second kappa shape index (κ2) is 6.52. The number of carbonyl (C=O) groups is 1. The molecule has 6 heteroatoms. The Balaban J connectivity index is 2.89. The van der Waals surface area contributed by atoms with Crippen molar-refractivity contribution in [3.05, 3.63) is 40.4 Å². The number of rotatable bonds is 4. The van der Waals surface area contributed by atoms with Crippen LogP contribution in [0.4, 0.5) is 13.2 Å². The molecule has 0 aromatic heterocycles. The van der Waals surface area contributed by atoms with Gasteiger partial charge in [-0.25, -0.2) is 0 Å². The molecule has 0 spiro atoms. The number of hydrogen-bond acceptors (Lipinski definition) is 1. The van der Waals surface area contributed by atoms with E-state index in [1.54, 1.807) is 0 Å². The van der Waals surface area contributed by atoms with E-state index in [9.17, 15) is 18.0 Å². The van der Waals surface area contributed by atoms with Gasteiger partial charge in [0.15, 0.2) is 0 Å². The second-order valence-electron chi connectivity index (χ2n) is 5.30. The number of hydrogen-bond donors (Lipinski definition) is 1. The number of alkyl halides is 3. The van der Waals surface area contributed by atoms with Crippen molar-refractivity contribution in [2.75, 3.05) is 0 Å². The summed E-state index contributed by atoms with van der Waals surface area (Å²) in [5.74, 6) is -0.356. The molecule has 21 heavy (non-hydrogen) atoms. The van der Waals surface area contributed by atoms with Crippen molar-refractivity contribution in [2.24, 2.45) is 0 Å². The molecule has 0 radical (unpaired) electrons. The Morgan fingerprint density at radius 1 is 1.33 bits per heavy atom. The molecule has 1 aromatic carbocycles. The van der Waals surface area contributed by atoms with Gasteiger partial charge in [0.25, 0.3) is 0 Å². The summed E-state index contributed by atoms with van der Waals surface area (Å²) in [6, 6.07) is 3.50. The molecule has 1 rings (SSSR count). The first-order valence-electron chi connectivity index (χ1n) is 6.42. The summed E-state index contributed by atoms with van der Waals surface area (Å²) in [4.78, 5) is 11.7. The van der Waals surface area contributed by atoms with Crippen LogP contribution in [0.15, 0.2) is 24.3 Å². The van der Waals surface area contributed by atoms with Crippen molar-refractivity contribution < 1.29 is 18.0 Å². The molecule has 1 N–H and O–H groups in total. The lowest BCUT2D eigenvalue weighted by Crippen LogP contribution is -2.41. The highest BCUT2D eigenvalue weighted by atomic mass is 35.5. The average molecular weight is 320 g/mol. The van der Waals surface area contributed by atoms with Gasteiger partial charge in [0, 0.05) is 11.6 Å². The fourth-order valence-corrected chi connectivity index (χ4v) is 1.72. The minimum atomic E-state index is -4.52. The van der Waals surface area contributed by atoms with Crippen LogP contribution >= 0.6 is 11.6 Å². The van der Waals surface area contributed by atoms with Crippen molar-refractivity contribution in [1.82, 2.24) is 5.32 Å². The summed E-state index contributed by atoms with van der Waals surface area (Å²) in [5, 5.41) is 2.39. The Labute approximate surface area is 127 Å². The van der Waals surface area contributed by atoms with E-state index in [2.05, 4.69) is 5.32 Å². The Bertz CT molecular complexity index is 550. The highest BCUT2D eigenvalue weighted by molar-refractivity contribution is 6.31. The van der Waals surface area contributed by atoms with E-state index in [0.29, 0.717) is 0 Å². The summed E-state index contributed by atoms with van der Waals surface area (Å²) in [6.45, 7) is 5.66. The Kier molecular flexibility index (Phi) is 5.45. The van der Waals surface area contributed by atoms with Crippen LogP contribution in [0.5, 0.6) is 0 Å². The largest absolute Gasteiger partial charge is 0.417 e. The van der Waals surface area contributed by atoms with Gasteiger partial charge < -0.3 is 5.32 Å². The van der Waals surface area contributed by atoms with Gasteiger partial charge >= 0.3 is 6.18 Å².